The number of carbonyl (C=O) groups excluding carboxylic acids is 2. The highest BCUT2D eigenvalue weighted by Gasteiger charge is 2.20. The van der Waals surface area contributed by atoms with E-state index in [-0.39, 0.29) is 23.4 Å². The molecule has 0 fully saturated rings. The number of Topliss-reactive ketones (excluding diaryl/α,β-unsaturated/α-hetero) is 1. The molecule has 5 nitrogen and oxygen atoms in total. The summed E-state index contributed by atoms with van der Waals surface area (Å²) in [5.74, 6) is 0.154. The van der Waals surface area contributed by atoms with Crippen molar-refractivity contribution < 1.29 is 9.59 Å². The first-order chi connectivity index (χ1) is 8.50. The molecule has 0 aliphatic heterocycles. The third-order valence-electron chi connectivity index (χ3n) is 2.33. The molecule has 1 atom stereocenters. The van der Waals surface area contributed by atoms with Gasteiger partial charge in [-0.05, 0) is 18.9 Å². The number of nitrogens with one attached hydrogen (secondary N) is 1. The van der Waals surface area contributed by atoms with Crippen LogP contribution in [-0.4, -0.2) is 33.5 Å². The summed E-state index contributed by atoms with van der Waals surface area (Å²) in [6, 6.07) is 1.33. The fourth-order valence-corrected chi connectivity index (χ4v) is 2.10. The fourth-order valence-electron chi connectivity index (χ4n) is 1.46. The molecular formula is C12H17N3O2S. The molecule has 0 aliphatic carbocycles. The zero-order chi connectivity index (χ0) is 13.5. The molecule has 0 aromatic carbocycles. The Labute approximate surface area is 111 Å². The van der Waals surface area contributed by atoms with Crippen LogP contribution in [0.5, 0.6) is 0 Å². The third-order valence-corrected chi connectivity index (χ3v) is 3.27. The highest BCUT2D eigenvalue weighted by atomic mass is 32.2. The van der Waals surface area contributed by atoms with Crippen LogP contribution in [0, 0.1) is 5.92 Å². The molecule has 18 heavy (non-hydrogen) atoms. The van der Waals surface area contributed by atoms with Gasteiger partial charge in [0.25, 0.3) is 0 Å². The van der Waals surface area contributed by atoms with E-state index in [4.69, 9.17) is 0 Å². The van der Waals surface area contributed by atoms with E-state index < -0.39 is 6.04 Å². The van der Waals surface area contributed by atoms with Gasteiger partial charge in [0.15, 0.2) is 5.78 Å². The Morgan fingerprint density at radius 2 is 2.17 bits per heavy atom. The fraction of sp³-hybridized carbons (Fsp3) is 0.500. The Balaban J connectivity index is 2.44. The highest BCUT2D eigenvalue weighted by Crippen LogP contribution is 2.13. The first-order valence-electron chi connectivity index (χ1n) is 5.69. The summed E-state index contributed by atoms with van der Waals surface area (Å²) in [6.07, 6.45) is 3.06. The monoisotopic (exact) mass is 267 g/mol. The van der Waals surface area contributed by atoms with Crippen LogP contribution < -0.4 is 5.32 Å². The molecule has 0 bridgehead atoms. The standard InChI is InChI=1S/C12H17N3O2S/c1-8(2)12(9(3)16)15-10(17)6-18-11-4-5-13-7-14-11/h4-5,7-8,12H,6H2,1-3H3,(H,15,17). The number of hydrogen-bond acceptors (Lipinski definition) is 5. The van der Waals surface area contributed by atoms with Gasteiger partial charge in [-0.2, -0.15) is 0 Å². The second-order valence-electron chi connectivity index (χ2n) is 4.24. The van der Waals surface area contributed by atoms with Gasteiger partial charge in [-0.1, -0.05) is 25.6 Å². The average Bonchev–Trinajstić information content (AvgIpc) is 2.34. The number of hydrogen-bond donors (Lipinski definition) is 1. The summed E-state index contributed by atoms with van der Waals surface area (Å²) in [4.78, 5) is 30.9. The maximum atomic E-state index is 11.7. The van der Waals surface area contributed by atoms with E-state index in [2.05, 4.69) is 15.3 Å². The van der Waals surface area contributed by atoms with Gasteiger partial charge in [-0.15, -0.1) is 0 Å². The van der Waals surface area contributed by atoms with Crippen LogP contribution in [0.1, 0.15) is 20.8 Å². The normalized spacial score (nSPS) is 12.2. The maximum absolute atomic E-state index is 11.7. The summed E-state index contributed by atoms with van der Waals surface area (Å²) in [5, 5.41) is 3.47. The van der Waals surface area contributed by atoms with Crippen LogP contribution >= 0.6 is 11.8 Å². The van der Waals surface area contributed by atoms with Crippen molar-refractivity contribution in [2.75, 3.05) is 5.75 Å². The lowest BCUT2D eigenvalue weighted by atomic mass is 10.0. The second-order valence-corrected chi connectivity index (χ2v) is 5.23. The largest absolute Gasteiger partial charge is 0.345 e. The summed E-state index contributed by atoms with van der Waals surface area (Å²) >= 11 is 1.32. The van der Waals surface area contributed by atoms with Crippen molar-refractivity contribution in [3.63, 3.8) is 0 Å². The zero-order valence-corrected chi connectivity index (χ0v) is 11.5. The average molecular weight is 267 g/mol. The molecule has 1 aromatic heterocycles. The molecule has 0 radical (unpaired) electrons. The van der Waals surface area contributed by atoms with Gasteiger partial charge in [-0.3, -0.25) is 9.59 Å². The molecule has 1 N–H and O–H groups in total. The number of carbonyl (C=O) groups is 2. The van der Waals surface area contributed by atoms with Gasteiger partial charge >= 0.3 is 0 Å². The van der Waals surface area contributed by atoms with Gasteiger partial charge in [0.05, 0.1) is 16.8 Å². The van der Waals surface area contributed by atoms with Crippen LogP contribution in [0.4, 0.5) is 0 Å². The Morgan fingerprint density at radius 1 is 1.44 bits per heavy atom. The van der Waals surface area contributed by atoms with Crippen molar-refractivity contribution in [3.05, 3.63) is 18.6 Å². The number of ketones is 1. The zero-order valence-electron chi connectivity index (χ0n) is 10.7. The molecule has 1 amide bonds. The molecule has 0 aliphatic rings. The topological polar surface area (TPSA) is 72.0 Å². The lowest BCUT2D eigenvalue weighted by Crippen LogP contribution is -2.44. The minimum absolute atomic E-state index is 0.0228. The Kier molecular flexibility index (Phi) is 5.77. The van der Waals surface area contributed by atoms with E-state index in [1.807, 2.05) is 13.8 Å². The predicted octanol–water partition coefficient (Wildman–Crippen LogP) is 1.30. The van der Waals surface area contributed by atoms with E-state index >= 15 is 0 Å². The first-order valence-corrected chi connectivity index (χ1v) is 6.68. The Morgan fingerprint density at radius 3 is 2.67 bits per heavy atom. The summed E-state index contributed by atoms with van der Waals surface area (Å²) in [7, 11) is 0. The molecule has 1 unspecified atom stereocenters. The molecule has 6 heteroatoms. The lowest BCUT2D eigenvalue weighted by Gasteiger charge is -2.19. The van der Waals surface area contributed by atoms with E-state index in [0.29, 0.717) is 0 Å². The minimum atomic E-state index is -0.413. The van der Waals surface area contributed by atoms with Crippen molar-refractivity contribution >= 4 is 23.5 Å². The van der Waals surface area contributed by atoms with Crippen molar-refractivity contribution in [1.82, 2.24) is 15.3 Å². The summed E-state index contributed by atoms with van der Waals surface area (Å²) in [5.41, 5.74) is 0. The quantitative estimate of drug-likeness (QED) is 0.621. The summed E-state index contributed by atoms with van der Waals surface area (Å²) < 4.78 is 0. The predicted molar refractivity (Wildman–Crippen MR) is 70.2 cm³/mol. The minimum Gasteiger partial charge on any atom is -0.345 e. The van der Waals surface area contributed by atoms with Crippen molar-refractivity contribution in [1.29, 1.82) is 0 Å². The van der Waals surface area contributed by atoms with Crippen LogP contribution in [-0.2, 0) is 9.59 Å². The van der Waals surface area contributed by atoms with Crippen molar-refractivity contribution in [3.8, 4) is 0 Å². The van der Waals surface area contributed by atoms with Gasteiger partial charge in [0.2, 0.25) is 5.91 Å². The van der Waals surface area contributed by atoms with Crippen LogP contribution in [0.25, 0.3) is 0 Å². The number of nitrogens with zero attached hydrogens (tertiary/aromatic N) is 2. The van der Waals surface area contributed by atoms with Crippen molar-refractivity contribution in [2.24, 2.45) is 5.92 Å². The second kappa shape index (κ2) is 7.10. The van der Waals surface area contributed by atoms with E-state index in [0.717, 1.165) is 5.03 Å². The van der Waals surface area contributed by atoms with Gasteiger partial charge in [0, 0.05) is 6.20 Å². The smallest absolute Gasteiger partial charge is 0.231 e. The lowest BCUT2D eigenvalue weighted by molar-refractivity contribution is -0.126. The molecule has 1 heterocycles. The van der Waals surface area contributed by atoms with E-state index in [9.17, 15) is 9.59 Å². The number of amides is 1. The molecule has 98 valence electrons. The maximum Gasteiger partial charge on any atom is 0.231 e. The van der Waals surface area contributed by atoms with E-state index in [1.54, 1.807) is 12.3 Å². The first kappa shape index (κ1) is 14.6. The Hall–Kier alpha value is -1.43. The number of thioether (sulfide) groups is 1. The molecule has 1 aromatic rings. The highest BCUT2D eigenvalue weighted by molar-refractivity contribution is 7.99. The van der Waals surface area contributed by atoms with Crippen LogP contribution in [0.3, 0.4) is 0 Å². The van der Waals surface area contributed by atoms with Gasteiger partial charge in [-0.25, -0.2) is 9.97 Å². The van der Waals surface area contributed by atoms with Crippen LogP contribution in [0.2, 0.25) is 0 Å². The molecule has 1 rings (SSSR count). The molecule has 0 spiro atoms. The molecule has 0 saturated carbocycles. The number of rotatable bonds is 6. The summed E-state index contributed by atoms with van der Waals surface area (Å²) in [6.45, 7) is 5.30. The Bertz CT molecular complexity index is 409. The van der Waals surface area contributed by atoms with Crippen LogP contribution in [0.15, 0.2) is 23.6 Å². The molecular weight excluding hydrogens is 250 g/mol. The number of aromatic nitrogens is 2. The van der Waals surface area contributed by atoms with E-state index in [1.165, 1.54) is 25.0 Å². The van der Waals surface area contributed by atoms with Gasteiger partial charge < -0.3 is 5.32 Å². The molecule has 0 saturated heterocycles. The van der Waals surface area contributed by atoms with Gasteiger partial charge in [0.1, 0.15) is 6.33 Å². The SMILES string of the molecule is CC(=O)C(NC(=O)CSc1ccncn1)C(C)C. The van der Waals surface area contributed by atoms with Crippen molar-refractivity contribution in [2.45, 2.75) is 31.8 Å². The third kappa shape index (κ3) is 4.83.